The van der Waals surface area contributed by atoms with Crippen molar-refractivity contribution < 1.29 is 4.79 Å². The molecular formula is C18H23N3O. The number of carbonyl (C=O) groups excluding carboxylic acids is 1. The number of nitrogens with zero attached hydrogens (tertiary/aromatic N) is 2. The van der Waals surface area contributed by atoms with Crippen LogP contribution in [0, 0.1) is 5.92 Å². The van der Waals surface area contributed by atoms with Crippen LogP contribution in [0.4, 0.5) is 0 Å². The highest BCUT2D eigenvalue weighted by atomic mass is 16.1. The Hall–Kier alpha value is -2.10. The van der Waals surface area contributed by atoms with E-state index < -0.39 is 0 Å². The second-order valence-electron chi connectivity index (χ2n) is 6.08. The summed E-state index contributed by atoms with van der Waals surface area (Å²) in [4.78, 5) is 17.1. The van der Waals surface area contributed by atoms with E-state index in [1.165, 1.54) is 6.42 Å². The second kappa shape index (κ2) is 6.77. The summed E-state index contributed by atoms with van der Waals surface area (Å²) < 4.78 is 1.97. The van der Waals surface area contributed by atoms with Crippen molar-refractivity contribution in [3.05, 3.63) is 54.1 Å². The van der Waals surface area contributed by atoms with Gasteiger partial charge in [-0.2, -0.15) is 0 Å². The molecule has 4 heteroatoms. The first-order valence-electron chi connectivity index (χ1n) is 8.08. The summed E-state index contributed by atoms with van der Waals surface area (Å²) in [5.74, 6) is 1.19. The second-order valence-corrected chi connectivity index (χ2v) is 6.08. The normalized spacial score (nSPS) is 17.1. The lowest BCUT2D eigenvalue weighted by molar-refractivity contribution is -0.126. The van der Waals surface area contributed by atoms with Crippen molar-refractivity contribution in [1.82, 2.24) is 14.9 Å². The number of hydrogen-bond acceptors (Lipinski definition) is 2. The number of benzene rings is 1. The third-order valence-corrected chi connectivity index (χ3v) is 4.51. The Kier molecular flexibility index (Phi) is 4.56. The molecule has 4 nitrogen and oxygen atoms in total. The Balaban J connectivity index is 1.83. The summed E-state index contributed by atoms with van der Waals surface area (Å²) in [6.07, 6.45) is 9.29. The van der Waals surface area contributed by atoms with Gasteiger partial charge in [0.05, 0.1) is 0 Å². The first-order valence-corrected chi connectivity index (χ1v) is 8.08. The van der Waals surface area contributed by atoms with Gasteiger partial charge in [-0.1, -0.05) is 49.6 Å². The van der Waals surface area contributed by atoms with Crippen LogP contribution in [-0.2, 0) is 11.8 Å². The third-order valence-electron chi connectivity index (χ3n) is 4.51. The SMILES string of the molecule is Cn1ccnc1[C@H](NC(=O)C1CCCCC1)c1ccccc1. The van der Waals surface area contributed by atoms with E-state index in [4.69, 9.17) is 0 Å². The van der Waals surface area contributed by atoms with E-state index >= 15 is 0 Å². The van der Waals surface area contributed by atoms with E-state index in [2.05, 4.69) is 10.3 Å². The first kappa shape index (κ1) is 14.8. The van der Waals surface area contributed by atoms with Crippen molar-refractivity contribution in [1.29, 1.82) is 0 Å². The Morgan fingerprint density at radius 2 is 1.95 bits per heavy atom. The van der Waals surface area contributed by atoms with E-state index in [0.717, 1.165) is 37.1 Å². The van der Waals surface area contributed by atoms with Crippen molar-refractivity contribution in [2.75, 3.05) is 0 Å². The van der Waals surface area contributed by atoms with Crippen LogP contribution in [0.3, 0.4) is 0 Å². The molecule has 0 aliphatic heterocycles. The summed E-state index contributed by atoms with van der Waals surface area (Å²) in [7, 11) is 1.96. The van der Waals surface area contributed by atoms with Gasteiger partial charge in [0.15, 0.2) is 0 Å². The maximum Gasteiger partial charge on any atom is 0.223 e. The van der Waals surface area contributed by atoms with Crippen LogP contribution in [0.15, 0.2) is 42.7 Å². The Morgan fingerprint density at radius 3 is 2.59 bits per heavy atom. The molecule has 0 bridgehead atoms. The summed E-state index contributed by atoms with van der Waals surface area (Å²) in [6.45, 7) is 0. The van der Waals surface area contributed by atoms with Gasteiger partial charge in [0.1, 0.15) is 11.9 Å². The topological polar surface area (TPSA) is 46.9 Å². The molecule has 1 aromatic carbocycles. The molecule has 1 aromatic heterocycles. The van der Waals surface area contributed by atoms with Crippen LogP contribution < -0.4 is 5.32 Å². The fourth-order valence-electron chi connectivity index (χ4n) is 3.22. The van der Waals surface area contributed by atoms with Crippen LogP contribution in [-0.4, -0.2) is 15.5 Å². The van der Waals surface area contributed by atoms with E-state index in [1.807, 2.05) is 48.1 Å². The van der Waals surface area contributed by atoms with Gasteiger partial charge >= 0.3 is 0 Å². The molecule has 1 amide bonds. The number of imidazole rings is 1. The molecule has 1 saturated carbocycles. The zero-order valence-electron chi connectivity index (χ0n) is 13.0. The molecule has 0 saturated heterocycles. The van der Waals surface area contributed by atoms with E-state index in [0.29, 0.717) is 0 Å². The predicted molar refractivity (Wildman–Crippen MR) is 86.2 cm³/mol. The quantitative estimate of drug-likeness (QED) is 0.942. The summed E-state index contributed by atoms with van der Waals surface area (Å²) in [5.41, 5.74) is 1.07. The standard InChI is InChI=1S/C18H23N3O/c1-21-13-12-19-17(21)16(14-8-4-2-5-9-14)20-18(22)15-10-6-3-7-11-15/h2,4-5,8-9,12-13,15-16H,3,6-7,10-11H2,1H3,(H,20,22)/t16-/m1/s1. The molecule has 0 radical (unpaired) electrons. The minimum Gasteiger partial charge on any atom is -0.342 e. The summed E-state index contributed by atoms with van der Waals surface area (Å²) >= 11 is 0. The van der Waals surface area contributed by atoms with Crippen LogP contribution in [0.25, 0.3) is 0 Å². The number of carbonyl (C=O) groups is 1. The van der Waals surface area contributed by atoms with Gasteiger partial charge in [-0.15, -0.1) is 0 Å². The monoisotopic (exact) mass is 297 g/mol. The molecule has 0 unspecified atom stereocenters. The van der Waals surface area contributed by atoms with Gasteiger partial charge in [-0.3, -0.25) is 4.79 Å². The number of hydrogen-bond donors (Lipinski definition) is 1. The number of aryl methyl sites for hydroxylation is 1. The fourth-order valence-corrected chi connectivity index (χ4v) is 3.22. The molecule has 1 heterocycles. The molecule has 2 aromatic rings. The van der Waals surface area contributed by atoms with E-state index in [-0.39, 0.29) is 17.9 Å². The summed E-state index contributed by atoms with van der Waals surface area (Å²) in [6, 6.07) is 9.88. The number of nitrogens with one attached hydrogen (secondary N) is 1. The first-order chi connectivity index (χ1) is 10.8. The largest absolute Gasteiger partial charge is 0.342 e. The third kappa shape index (κ3) is 3.21. The summed E-state index contributed by atoms with van der Waals surface area (Å²) in [5, 5.41) is 3.22. The molecule has 1 fully saturated rings. The highest BCUT2D eigenvalue weighted by Crippen LogP contribution is 2.26. The van der Waals surface area contributed by atoms with Crippen molar-refractivity contribution in [2.24, 2.45) is 13.0 Å². The predicted octanol–water partition coefficient (Wildman–Crippen LogP) is 3.21. The van der Waals surface area contributed by atoms with Crippen LogP contribution in [0.1, 0.15) is 49.5 Å². The van der Waals surface area contributed by atoms with Gasteiger partial charge in [0.25, 0.3) is 0 Å². The molecule has 1 atom stereocenters. The Labute approximate surface area is 131 Å². The maximum atomic E-state index is 12.6. The maximum absolute atomic E-state index is 12.6. The average Bonchev–Trinajstić information content (AvgIpc) is 3.00. The lowest BCUT2D eigenvalue weighted by Crippen LogP contribution is -2.36. The molecule has 22 heavy (non-hydrogen) atoms. The molecule has 116 valence electrons. The number of aromatic nitrogens is 2. The van der Waals surface area contributed by atoms with Crippen molar-refractivity contribution in [3.8, 4) is 0 Å². The van der Waals surface area contributed by atoms with Crippen LogP contribution in [0.5, 0.6) is 0 Å². The molecule has 1 aliphatic carbocycles. The van der Waals surface area contributed by atoms with Gasteiger partial charge < -0.3 is 9.88 Å². The smallest absolute Gasteiger partial charge is 0.223 e. The van der Waals surface area contributed by atoms with E-state index in [1.54, 1.807) is 6.20 Å². The van der Waals surface area contributed by atoms with E-state index in [9.17, 15) is 4.79 Å². The van der Waals surface area contributed by atoms with Crippen molar-refractivity contribution >= 4 is 5.91 Å². The molecule has 1 N–H and O–H groups in total. The van der Waals surface area contributed by atoms with Crippen LogP contribution in [0.2, 0.25) is 0 Å². The fraction of sp³-hybridized carbons (Fsp3) is 0.444. The Morgan fingerprint density at radius 1 is 1.23 bits per heavy atom. The van der Waals surface area contributed by atoms with Gasteiger partial charge in [-0.05, 0) is 18.4 Å². The Bertz CT molecular complexity index is 614. The van der Waals surface area contributed by atoms with Gasteiger partial charge in [0, 0.05) is 25.4 Å². The zero-order chi connectivity index (χ0) is 15.4. The number of rotatable bonds is 4. The molecule has 3 rings (SSSR count). The van der Waals surface area contributed by atoms with Crippen LogP contribution >= 0.6 is 0 Å². The van der Waals surface area contributed by atoms with Crippen molar-refractivity contribution in [2.45, 2.75) is 38.1 Å². The van der Waals surface area contributed by atoms with Crippen molar-refractivity contribution in [3.63, 3.8) is 0 Å². The minimum atomic E-state index is -0.185. The highest BCUT2D eigenvalue weighted by molar-refractivity contribution is 5.79. The van der Waals surface area contributed by atoms with Gasteiger partial charge in [0.2, 0.25) is 5.91 Å². The molecular weight excluding hydrogens is 274 g/mol. The lowest BCUT2D eigenvalue weighted by Gasteiger charge is -2.25. The zero-order valence-corrected chi connectivity index (χ0v) is 13.0. The molecule has 0 spiro atoms. The molecule has 1 aliphatic rings. The average molecular weight is 297 g/mol. The van der Waals surface area contributed by atoms with Gasteiger partial charge in [-0.25, -0.2) is 4.98 Å². The highest BCUT2D eigenvalue weighted by Gasteiger charge is 2.26. The minimum absolute atomic E-state index is 0.153. The number of amides is 1. The lowest BCUT2D eigenvalue weighted by atomic mass is 9.88.